The molecule has 150 valence electrons. The molecule has 1 aromatic heterocycles. The lowest BCUT2D eigenvalue weighted by Crippen LogP contribution is -2.37. The first-order valence-electron chi connectivity index (χ1n) is 9.97. The van der Waals surface area contributed by atoms with Crippen molar-refractivity contribution in [2.24, 2.45) is 0 Å². The van der Waals surface area contributed by atoms with Gasteiger partial charge in [-0.2, -0.15) is 0 Å². The third kappa shape index (κ3) is 5.12. The van der Waals surface area contributed by atoms with E-state index in [-0.39, 0.29) is 12.2 Å². The lowest BCUT2D eigenvalue weighted by Gasteiger charge is -2.34. The highest BCUT2D eigenvalue weighted by Crippen LogP contribution is 2.30. The number of likely N-dealkylation sites (tertiary alicyclic amines) is 1. The Hall–Kier alpha value is -2.47. The smallest absolute Gasteiger partial charge is 0.345 e. The lowest BCUT2D eigenvalue weighted by atomic mass is 10.00. The second-order valence-corrected chi connectivity index (χ2v) is 8.35. The highest BCUT2D eigenvalue weighted by atomic mass is 32.1. The van der Waals surface area contributed by atoms with Gasteiger partial charge in [0.15, 0.2) is 0 Å². The van der Waals surface area contributed by atoms with Crippen molar-refractivity contribution in [3.05, 3.63) is 93.7 Å². The summed E-state index contributed by atoms with van der Waals surface area (Å²) >= 11 is 1.30. The highest BCUT2D eigenvalue weighted by molar-refractivity contribution is 7.12. The molecule has 1 N–H and O–H groups in total. The molecule has 29 heavy (non-hydrogen) atoms. The number of hydrogen-bond acceptors (Lipinski definition) is 4. The largest absolute Gasteiger partial charge is 0.477 e. The molecule has 4 nitrogen and oxygen atoms in total. The maximum Gasteiger partial charge on any atom is 0.345 e. The molecule has 2 heterocycles. The van der Waals surface area contributed by atoms with Crippen molar-refractivity contribution in [1.82, 2.24) is 4.90 Å². The van der Waals surface area contributed by atoms with E-state index < -0.39 is 5.97 Å². The third-order valence-electron chi connectivity index (χ3n) is 5.34. The maximum absolute atomic E-state index is 11.1. The van der Waals surface area contributed by atoms with E-state index in [0.29, 0.717) is 4.88 Å². The number of carboxylic acid groups (broad SMARTS) is 1. The van der Waals surface area contributed by atoms with Crippen LogP contribution in [0.3, 0.4) is 0 Å². The van der Waals surface area contributed by atoms with Gasteiger partial charge >= 0.3 is 5.97 Å². The van der Waals surface area contributed by atoms with Crippen LogP contribution in [0.2, 0.25) is 0 Å². The molecule has 0 unspecified atom stereocenters. The van der Waals surface area contributed by atoms with Crippen LogP contribution in [0.1, 0.15) is 45.3 Å². The maximum atomic E-state index is 11.1. The molecule has 2 aromatic carbocycles. The average Bonchev–Trinajstić information content (AvgIpc) is 3.23. The van der Waals surface area contributed by atoms with Crippen molar-refractivity contribution in [3.63, 3.8) is 0 Å². The molecule has 1 saturated heterocycles. The zero-order valence-electron chi connectivity index (χ0n) is 16.2. The van der Waals surface area contributed by atoms with E-state index in [1.54, 1.807) is 6.07 Å². The summed E-state index contributed by atoms with van der Waals surface area (Å²) in [5.41, 5.74) is 3.44. The summed E-state index contributed by atoms with van der Waals surface area (Å²) in [6, 6.07) is 22.6. The Labute approximate surface area is 175 Å². The Balaban J connectivity index is 1.37. The summed E-state index contributed by atoms with van der Waals surface area (Å²) in [6.45, 7) is 2.72. The topological polar surface area (TPSA) is 49.8 Å². The number of thiophene rings is 1. The summed E-state index contributed by atoms with van der Waals surface area (Å²) in [6.07, 6.45) is 2.12. The molecule has 0 spiro atoms. The Kier molecular flexibility index (Phi) is 6.39. The molecule has 4 rings (SSSR count). The van der Waals surface area contributed by atoms with Crippen molar-refractivity contribution >= 4 is 17.3 Å². The first-order chi connectivity index (χ1) is 14.2. The first-order valence-corrected chi connectivity index (χ1v) is 10.9. The van der Waals surface area contributed by atoms with Crippen LogP contribution in [-0.2, 0) is 11.3 Å². The summed E-state index contributed by atoms with van der Waals surface area (Å²) in [7, 11) is 0. The number of hydrogen-bond donors (Lipinski definition) is 1. The van der Waals surface area contributed by atoms with E-state index in [2.05, 4.69) is 53.4 Å². The fourth-order valence-electron chi connectivity index (χ4n) is 3.83. The van der Waals surface area contributed by atoms with Gasteiger partial charge in [0.05, 0.1) is 6.10 Å². The first kappa shape index (κ1) is 19.8. The van der Waals surface area contributed by atoms with Crippen LogP contribution in [0.25, 0.3) is 0 Å². The third-order valence-corrected chi connectivity index (χ3v) is 6.31. The van der Waals surface area contributed by atoms with E-state index in [1.807, 2.05) is 17.5 Å². The fraction of sp³-hybridized carbons (Fsp3) is 0.292. The zero-order valence-corrected chi connectivity index (χ0v) is 17.1. The van der Waals surface area contributed by atoms with Gasteiger partial charge in [-0.3, -0.25) is 4.90 Å². The van der Waals surface area contributed by atoms with Crippen molar-refractivity contribution in [2.75, 3.05) is 13.1 Å². The van der Waals surface area contributed by atoms with E-state index in [1.165, 1.54) is 22.5 Å². The molecule has 0 aliphatic carbocycles. The number of piperidine rings is 1. The predicted octanol–water partition coefficient (Wildman–Crippen LogP) is 5.22. The van der Waals surface area contributed by atoms with Crippen LogP contribution in [0.4, 0.5) is 0 Å². The number of carbonyl (C=O) groups is 1. The molecular formula is C24H25NO3S. The number of carboxylic acids is 1. The SMILES string of the molecule is O=C(O)c1cc(CN2CCC(OC(c3ccccc3)c3ccccc3)CC2)cs1. The Morgan fingerprint density at radius 1 is 1.03 bits per heavy atom. The van der Waals surface area contributed by atoms with Gasteiger partial charge in [0, 0.05) is 19.6 Å². The van der Waals surface area contributed by atoms with Crippen molar-refractivity contribution in [2.45, 2.75) is 31.6 Å². The molecule has 0 bridgehead atoms. The molecule has 1 fully saturated rings. The average molecular weight is 408 g/mol. The molecule has 1 aliphatic heterocycles. The standard InChI is InChI=1S/C24H25NO3S/c26-24(27)22-15-18(17-29-22)16-25-13-11-21(12-14-25)28-23(19-7-3-1-4-8-19)20-9-5-2-6-10-20/h1-10,15,17,21,23H,11-14,16H2,(H,26,27). The normalized spacial score (nSPS) is 15.6. The van der Waals surface area contributed by atoms with E-state index in [9.17, 15) is 4.79 Å². The molecule has 0 atom stereocenters. The Morgan fingerprint density at radius 2 is 1.62 bits per heavy atom. The Morgan fingerprint density at radius 3 is 2.14 bits per heavy atom. The number of rotatable bonds is 7. The van der Waals surface area contributed by atoms with Crippen molar-refractivity contribution < 1.29 is 14.6 Å². The van der Waals surface area contributed by atoms with Crippen LogP contribution < -0.4 is 0 Å². The molecular weight excluding hydrogens is 382 g/mol. The number of aromatic carboxylic acids is 1. The predicted molar refractivity (Wildman–Crippen MR) is 115 cm³/mol. The van der Waals surface area contributed by atoms with Gasteiger partial charge in [0.25, 0.3) is 0 Å². The highest BCUT2D eigenvalue weighted by Gasteiger charge is 2.25. The molecule has 0 saturated carbocycles. The van der Waals surface area contributed by atoms with Gasteiger partial charge in [0.2, 0.25) is 0 Å². The summed E-state index contributed by atoms with van der Waals surface area (Å²) in [5.74, 6) is -0.846. The van der Waals surface area contributed by atoms with Gasteiger partial charge in [-0.15, -0.1) is 11.3 Å². The minimum atomic E-state index is -0.846. The van der Waals surface area contributed by atoms with Gasteiger partial charge in [-0.05, 0) is 41.0 Å². The fourth-order valence-corrected chi connectivity index (χ4v) is 4.57. The summed E-state index contributed by atoms with van der Waals surface area (Å²) in [5, 5.41) is 11.0. The molecule has 0 amide bonds. The number of ether oxygens (including phenoxy) is 1. The van der Waals surface area contributed by atoms with Crippen molar-refractivity contribution in [1.29, 1.82) is 0 Å². The minimum absolute atomic E-state index is 0.0519. The molecule has 1 aliphatic rings. The number of benzene rings is 2. The molecule has 5 heteroatoms. The second-order valence-electron chi connectivity index (χ2n) is 7.44. The van der Waals surface area contributed by atoms with Gasteiger partial charge in [-0.25, -0.2) is 4.79 Å². The monoisotopic (exact) mass is 407 g/mol. The second kappa shape index (κ2) is 9.35. The van der Waals surface area contributed by atoms with Crippen LogP contribution in [0, 0.1) is 0 Å². The Bertz CT molecular complexity index is 878. The lowest BCUT2D eigenvalue weighted by molar-refractivity contribution is -0.0281. The minimum Gasteiger partial charge on any atom is -0.477 e. The quantitative estimate of drug-likeness (QED) is 0.584. The van der Waals surface area contributed by atoms with E-state index in [0.717, 1.165) is 38.0 Å². The van der Waals surface area contributed by atoms with Crippen LogP contribution in [-0.4, -0.2) is 35.2 Å². The summed E-state index contributed by atoms with van der Waals surface area (Å²) in [4.78, 5) is 13.9. The van der Waals surface area contributed by atoms with Crippen LogP contribution in [0.15, 0.2) is 72.1 Å². The van der Waals surface area contributed by atoms with Gasteiger partial charge < -0.3 is 9.84 Å². The van der Waals surface area contributed by atoms with Crippen LogP contribution in [0.5, 0.6) is 0 Å². The number of nitrogens with zero attached hydrogens (tertiary/aromatic N) is 1. The van der Waals surface area contributed by atoms with Gasteiger partial charge in [0.1, 0.15) is 11.0 Å². The summed E-state index contributed by atoms with van der Waals surface area (Å²) < 4.78 is 6.60. The van der Waals surface area contributed by atoms with Crippen molar-refractivity contribution in [3.8, 4) is 0 Å². The van der Waals surface area contributed by atoms with Gasteiger partial charge in [-0.1, -0.05) is 60.7 Å². The molecule has 3 aromatic rings. The van der Waals surface area contributed by atoms with E-state index in [4.69, 9.17) is 9.84 Å². The molecule has 0 radical (unpaired) electrons. The van der Waals surface area contributed by atoms with E-state index >= 15 is 0 Å². The van der Waals surface area contributed by atoms with Crippen LogP contribution >= 0.6 is 11.3 Å². The zero-order chi connectivity index (χ0) is 20.1.